The zero-order valence-corrected chi connectivity index (χ0v) is 16.7. The predicted octanol–water partition coefficient (Wildman–Crippen LogP) is 7.28. The van der Waals surface area contributed by atoms with Crippen LogP contribution >= 0.6 is 0 Å². The largest absolute Gasteiger partial charge is 0.573 e. The molecule has 0 aliphatic heterocycles. The zero-order valence-electron chi connectivity index (χ0n) is 16.7. The first kappa shape index (κ1) is 21.1. The minimum absolute atomic E-state index is 0.285. The van der Waals surface area contributed by atoms with Crippen LogP contribution in [0.15, 0.2) is 60.7 Å². The van der Waals surface area contributed by atoms with Crippen molar-refractivity contribution >= 4 is 5.57 Å². The Kier molecular flexibility index (Phi) is 5.56. The van der Waals surface area contributed by atoms with Gasteiger partial charge in [-0.05, 0) is 65.3 Å². The SMILES string of the molecule is CCc1ccc(C2=CCc3c(ccc(-c4ccc(OC(F)(F)F)cc4)c3F)C2)c(F)c1. The minimum Gasteiger partial charge on any atom is -0.406 e. The molecule has 0 bridgehead atoms. The fourth-order valence-corrected chi connectivity index (χ4v) is 3.85. The van der Waals surface area contributed by atoms with Crippen LogP contribution in [0.25, 0.3) is 16.7 Å². The number of allylic oxidation sites excluding steroid dienone is 2. The van der Waals surface area contributed by atoms with Gasteiger partial charge < -0.3 is 4.74 Å². The molecular formula is C25H19F5O. The third kappa shape index (κ3) is 4.48. The quantitative estimate of drug-likeness (QED) is 0.396. The standard InChI is InChI=1S/C25H19F5O/c1-2-15-3-10-20(23(26)13-15)17-6-12-22-18(14-17)7-11-21(24(22)27)16-4-8-19(9-5-16)31-25(28,29)30/h3-11,13H,2,12,14H2,1H3. The average molecular weight is 430 g/mol. The molecule has 1 aliphatic rings. The van der Waals surface area contributed by atoms with E-state index in [2.05, 4.69) is 4.74 Å². The summed E-state index contributed by atoms with van der Waals surface area (Å²) in [5.41, 5.74) is 4.29. The molecule has 0 saturated carbocycles. The maximum absolute atomic E-state index is 15.2. The third-order valence-electron chi connectivity index (χ3n) is 5.46. The van der Waals surface area contributed by atoms with Gasteiger partial charge >= 0.3 is 6.36 Å². The first-order valence-electron chi connectivity index (χ1n) is 9.89. The Balaban J connectivity index is 1.60. The van der Waals surface area contributed by atoms with E-state index in [-0.39, 0.29) is 11.6 Å². The second kappa shape index (κ2) is 8.17. The smallest absolute Gasteiger partial charge is 0.406 e. The monoisotopic (exact) mass is 430 g/mol. The van der Waals surface area contributed by atoms with Crippen LogP contribution in [0.2, 0.25) is 0 Å². The lowest BCUT2D eigenvalue weighted by Gasteiger charge is -2.20. The van der Waals surface area contributed by atoms with Crippen molar-refractivity contribution in [2.75, 3.05) is 0 Å². The number of alkyl halides is 3. The molecule has 0 aromatic heterocycles. The van der Waals surface area contributed by atoms with Crippen LogP contribution in [0, 0.1) is 11.6 Å². The van der Waals surface area contributed by atoms with E-state index in [1.807, 2.05) is 19.1 Å². The molecule has 3 aromatic rings. The minimum atomic E-state index is -4.78. The Morgan fingerprint density at radius 1 is 0.903 bits per heavy atom. The number of ether oxygens (including phenoxy) is 1. The molecule has 160 valence electrons. The topological polar surface area (TPSA) is 9.23 Å². The van der Waals surface area contributed by atoms with Crippen LogP contribution in [0.1, 0.15) is 29.2 Å². The van der Waals surface area contributed by atoms with Crippen LogP contribution in [-0.4, -0.2) is 6.36 Å². The van der Waals surface area contributed by atoms with Gasteiger partial charge in [-0.3, -0.25) is 0 Å². The van der Waals surface area contributed by atoms with Crippen LogP contribution in [0.5, 0.6) is 5.75 Å². The van der Waals surface area contributed by atoms with Crippen molar-refractivity contribution in [3.63, 3.8) is 0 Å². The molecule has 0 saturated heterocycles. The van der Waals surface area contributed by atoms with E-state index in [0.29, 0.717) is 35.1 Å². The Labute approximate surface area is 176 Å². The molecule has 0 heterocycles. The molecular weight excluding hydrogens is 411 g/mol. The molecule has 0 fully saturated rings. The van der Waals surface area contributed by atoms with Crippen molar-refractivity contribution in [3.05, 3.63) is 94.6 Å². The van der Waals surface area contributed by atoms with Gasteiger partial charge in [-0.15, -0.1) is 13.2 Å². The number of aryl methyl sites for hydroxylation is 1. The van der Waals surface area contributed by atoms with Gasteiger partial charge in [0.2, 0.25) is 0 Å². The lowest BCUT2D eigenvalue weighted by Crippen LogP contribution is -2.16. The summed E-state index contributed by atoms with van der Waals surface area (Å²) in [7, 11) is 0. The van der Waals surface area contributed by atoms with E-state index < -0.39 is 12.2 Å². The van der Waals surface area contributed by atoms with Crippen molar-refractivity contribution in [1.82, 2.24) is 0 Å². The van der Waals surface area contributed by atoms with Crippen molar-refractivity contribution in [2.24, 2.45) is 0 Å². The van der Waals surface area contributed by atoms with E-state index in [0.717, 1.165) is 35.3 Å². The van der Waals surface area contributed by atoms with Gasteiger partial charge in [0.05, 0.1) is 0 Å². The van der Waals surface area contributed by atoms with Crippen molar-refractivity contribution in [2.45, 2.75) is 32.5 Å². The molecule has 6 heteroatoms. The number of benzene rings is 3. The highest BCUT2D eigenvalue weighted by Crippen LogP contribution is 2.35. The molecule has 0 N–H and O–H groups in total. The van der Waals surface area contributed by atoms with E-state index in [1.165, 1.54) is 18.2 Å². The van der Waals surface area contributed by atoms with Crippen LogP contribution in [0.3, 0.4) is 0 Å². The average Bonchev–Trinajstić information content (AvgIpc) is 2.73. The van der Waals surface area contributed by atoms with Gasteiger partial charge in [0.1, 0.15) is 17.4 Å². The predicted molar refractivity (Wildman–Crippen MR) is 110 cm³/mol. The zero-order chi connectivity index (χ0) is 22.2. The summed E-state index contributed by atoms with van der Waals surface area (Å²) in [4.78, 5) is 0. The maximum atomic E-state index is 15.2. The molecule has 0 spiro atoms. The number of fused-ring (bicyclic) bond motifs is 1. The molecule has 3 aromatic carbocycles. The Morgan fingerprint density at radius 3 is 2.26 bits per heavy atom. The van der Waals surface area contributed by atoms with Gasteiger partial charge in [0.15, 0.2) is 0 Å². The molecule has 31 heavy (non-hydrogen) atoms. The van der Waals surface area contributed by atoms with Gasteiger partial charge in [-0.25, -0.2) is 8.78 Å². The number of hydrogen-bond donors (Lipinski definition) is 0. The Hall–Kier alpha value is -3.15. The van der Waals surface area contributed by atoms with E-state index >= 15 is 4.39 Å². The molecule has 0 unspecified atom stereocenters. The van der Waals surface area contributed by atoms with E-state index in [4.69, 9.17) is 0 Å². The van der Waals surface area contributed by atoms with Crippen LogP contribution < -0.4 is 4.74 Å². The second-order valence-electron chi connectivity index (χ2n) is 7.41. The second-order valence-corrected chi connectivity index (χ2v) is 7.41. The van der Waals surface area contributed by atoms with Gasteiger partial charge in [0, 0.05) is 11.1 Å². The summed E-state index contributed by atoms with van der Waals surface area (Å²) in [6.07, 6.45) is -1.48. The highest BCUT2D eigenvalue weighted by molar-refractivity contribution is 5.74. The summed E-state index contributed by atoms with van der Waals surface area (Å²) in [6, 6.07) is 13.7. The lowest BCUT2D eigenvalue weighted by molar-refractivity contribution is -0.274. The molecule has 1 aliphatic carbocycles. The van der Waals surface area contributed by atoms with Gasteiger partial charge in [-0.2, -0.15) is 0 Å². The molecule has 0 atom stereocenters. The fourth-order valence-electron chi connectivity index (χ4n) is 3.85. The summed E-state index contributed by atoms with van der Waals surface area (Å²) in [6.45, 7) is 1.96. The maximum Gasteiger partial charge on any atom is 0.573 e. The summed E-state index contributed by atoms with van der Waals surface area (Å²) in [5.74, 6) is -1.07. The van der Waals surface area contributed by atoms with Gasteiger partial charge in [0.25, 0.3) is 0 Å². The third-order valence-corrected chi connectivity index (χ3v) is 5.46. The number of halogens is 5. The van der Waals surface area contributed by atoms with Crippen molar-refractivity contribution in [1.29, 1.82) is 0 Å². The fraction of sp³-hybridized carbons (Fsp3) is 0.200. The molecule has 0 radical (unpaired) electrons. The Bertz CT molecular complexity index is 1140. The highest BCUT2D eigenvalue weighted by atomic mass is 19.4. The normalized spacial score (nSPS) is 13.5. The highest BCUT2D eigenvalue weighted by Gasteiger charge is 2.31. The summed E-state index contributed by atoms with van der Waals surface area (Å²) >= 11 is 0. The molecule has 4 rings (SSSR count). The van der Waals surface area contributed by atoms with Crippen molar-refractivity contribution < 1.29 is 26.7 Å². The summed E-state index contributed by atoms with van der Waals surface area (Å²) < 4.78 is 70.5. The molecule has 1 nitrogen and oxygen atoms in total. The lowest BCUT2D eigenvalue weighted by atomic mass is 9.85. The Morgan fingerprint density at radius 2 is 1.61 bits per heavy atom. The number of hydrogen-bond acceptors (Lipinski definition) is 1. The van der Waals surface area contributed by atoms with Crippen LogP contribution in [-0.2, 0) is 19.3 Å². The summed E-state index contributed by atoms with van der Waals surface area (Å²) in [5, 5.41) is 0. The van der Waals surface area contributed by atoms with E-state index in [9.17, 15) is 17.6 Å². The van der Waals surface area contributed by atoms with E-state index in [1.54, 1.807) is 18.2 Å². The number of rotatable bonds is 4. The first-order valence-corrected chi connectivity index (χ1v) is 9.89. The van der Waals surface area contributed by atoms with Gasteiger partial charge in [-0.1, -0.05) is 49.4 Å². The van der Waals surface area contributed by atoms with Crippen LogP contribution in [0.4, 0.5) is 22.0 Å². The van der Waals surface area contributed by atoms with Crippen molar-refractivity contribution in [3.8, 4) is 16.9 Å². The molecule has 0 amide bonds. The first-order chi connectivity index (χ1) is 14.7.